The van der Waals surface area contributed by atoms with E-state index >= 15 is 0 Å². The highest BCUT2D eigenvalue weighted by Crippen LogP contribution is 2.20. The molecule has 1 atom stereocenters. The van der Waals surface area contributed by atoms with E-state index in [0.717, 1.165) is 6.42 Å². The lowest BCUT2D eigenvalue weighted by Gasteiger charge is -2.15. The molecular weight excluding hydrogens is 236 g/mol. The van der Waals surface area contributed by atoms with E-state index in [1.807, 2.05) is 0 Å². The van der Waals surface area contributed by atoms with Crippen molar-refractivity contribution in [3.05, 3.63) is 34.9 Å². The van der Waals surface area contributed by atoms with E-state index in [4.69, 9.17) is 0 Å². The van der Waals surface area contributed by atoms with Gasteiger partial charge >= 0.3 is 0 Å². The Hall–Kier alpha value is -0.300. The minimum absolute atomic E-state index is 0.586. The Morgan fingerprint density at radius 1 is 1.21 bits per heavy atom. The van der Waals surface area contributed by atoms with Crippen LogP contribution in [0.25, 0.3) is 0 Å². The lowest BCUT2D eigenvalue weighted by molar-refractivity contribution is 0.612. The van der Waals surface area contributed by atoms with E-state index in [9.17, 15) is 0 Å². The van der Waals surface area contributed by atoms with Crippen molar-refractivity contribution in [1.82, 2.24) is 0 Å². The highest BCUT2D eigenvalue weighted by molar-refractivity contribution is 9.09. The zero-order chi connectivity index (χ0) is 10.7. The standard InChI is InChI=1S/C13H19Br/c1-9(2)13(14)8-12-7-10(3)5-6-11(12)4/h5-7,9,13H,8H2,1-4H3. The fourth-order valence-corrected chi connectivity index (χ4v) is 1.81. The zero-order valence-electron chi connectivity index (χ0n) is 9.47. The topological polar surface area (TPSA) is 0 Å². The molecule has 0 aliphatic heterocycles. The van der Waals surface area contributed by atoms with Gasteiger partial charge in [-0.25, -0.2) is 0 Å². The number of halogens is 1. The minimum Gasteiger partial charge on any atom is -0.0884 e. The maximum atomic E-state index is 3.74. The number of alkyl halides is 1. The Labute approximate surface area is 95.9 Å². The minimum atomic E-state index is 0.586. The van der Waals surface area contributed by atoms with E-state index in [1.54, 1.807) is 0 Å². The third-order valence-electron chi connectivity index (χ3n) is 2.64. The molecule has 0 spiro atoms. The van der Waals surface area contributed by atoms with Crippen LogP contribution >= 0.6 is 15.9 Å². The molecule has 1 rings (SSSR count). The van der Waals surface area contributed by atoms with Crippen molar-refractivity contribution in [2.75, 3.05) is 0 Å². The van der Waals surface area contributed by atoms with Gasteiger partial charge in [0.25, 0.3) is 0 Å². The lowest BCUT2D eigenvalue weighted by atomic mass is 9.97. The van der Waals surface area contributed by atoms with Crippen molar-refractivity contribution in [2.24, 2.45) is 5.92 Å². The third kappa shape index (κ3) is 3.13. The molecule has 0 fully saturated rings. The molecule has 1 heteroatoms. The molecule has 0 amide bonds. The molecule has 78 valence electrons. The number of benzene rings is 1. The zero-order valence-corrected chi connectivity index (χ0v) is 11.1. The van der Waals surface area contributed by atoms with Gasteiger partial charge in [-0.15, -0.1) is 0 Å². The van der Waals surface area contributed by atoms with Crippen molar-refractivity contribution < 1.29 is 0 Å². The number of rotatable bonds is 3. The van der Waals surface area contributed by atoms with Crippen molar-refractivity contribution in [1.29, 1.82) is 0 Å². The first-order valence-corrected chi connectivity index (χ1v) is 6.12. The van der Waals surface area contributed by atoms with Gasteiger partial charge in [-0.3, -0.25) is 0 Å². The van der Waals surface area contributed by atoms with Crippen molar-refractivity contribution >= 4 is 15.9 Å². The van der Waals surface area contributed by atoms with Gasteiger partial charge in [0, 0.05) is 4.83 Å². The smallest absolute Gasteiger partial charge is 0.0209 e. The molecule has 1 aromatic rings. The van der Waals surface area contributed by atoms with E-state index < -0.39 is 0 Å². The van der Waals surface area contributed by atoms with Crippen LogP contribution in [0.2, 0.25) is 0 Å². The summed E-state index contributed by atoms with van der Waals surface area (Å²) in [7, 11) is 0. The molecular formula is C13H19Br. The number of aryl methyl sites for hydroxylation is 2. The Morgan fingerprint density at radius 3 is 2.43 bits per heavy atom. The second-order valence-electron chi connectivity index (χ2n) is 4.39. The Kier molecular flexibility index (Phi) is 4.18. The van der Waals surface area contributed by atoms with E-state index in [0.29, 0.717) is 10.7 Å². The molecule has 0 bridgehead atoms. The summed E-state index contributed by atoms with van der Waals surface area (Å²) >= 11 is 3.74. The van der Waals surface area contributed by atoms with Gasteiger partial charge in [0.1, 0.15) is 0 Å². The quantitative estimate of drug-likeness (QED) is 0.708. The second-order valence-corrected chi connectivity index (χ2v) is 5.57. The first-order valence-electron chi connectivity index (χ1n) is 5.21. The molecule has 0 radical (unpaired) electrons. The van der Waals surface area contributed by atoms with Crippen LogP contribution in [0, 0.1) is 19.8 Å². The summed E-state index contributed by atoms with van der Waals surface area (Å²) in [4.78, 5) is 0.586. The Bertz CT molecular complexity index is 302. The van der Waals surface area contributed by atoms with Crippen LogP contribution in [0.1, 0.15) is 30.5 Å². The van der Waals surface area contributed by atoms with Crippen LogP contribution in [-0.4, -0.2) is 4.83 Å². The second kappa shape index (κ2) is 4.97. The molecule has 1 aromatic carbocycles. The molecule has 0 saturated heterocycles. The largest absolute Gasteiger partial charge is 0.0884 e. The maximum absolute atomic E-state index is 3.74. The summed E-state index contributed by atoms with van der Waals surface area (Å²) in [6.45, 7) is 8.85. The third-order valence-corrected chi connectivity index (χ3v) is 4.02. The van der Waals surface area contributed by atoms with Crippen LogP contribution in [0.5, 0.6) is 0 Å². The maximum Gasteiger partial charge on any atom is 0.0209 e. The molecule has 0 aliphatic carbocycles. The van der Waals surface area contributed by atoms with Gasteiger partial charge in [0.15, 0.2) is 0 Å². The highest BCUT2D eigenvalue weighted by atomic mass is 79.9. The summed E-state index contributed by atoms with van der Waals surface area (Å²) in [6.07, 6.45) is 1.13. The normalized spacial score (nSPS) is 13.3. The predicted octanol–water partition coefficient (Wildman–Crippen LogP) is 4.27. The SMILES string of the molecule is Cc1ccc(C)c(CC(Br)C(C)C)c1. The Morgan fingerprint density at radius 2 is 1.86 bits per heavy atom. The molecule has 0 N–H and O–H groups in total. The monoisotopic (exact) mass is 254 g/mol. The van der Waals surface area contributed by atoms with Crippen molar-refractivity contribution in [3.63, 3.8) is 0 Å². The molecule has 0 heterocycles. The number of hydrogen-bond acceptors (Lipinski definition) is 0. The van der Waals surface area contributed by atoms with Gasteiger partial charge in [-0.05, 0) is 37.3 Å². The molecule has 0 saturated carbocycles. The van der Waals surface area contributed by atoms with Crippen LogP contribution < -0.4 is 0 Å². The molecule has 1 unspecified atom stereocenters. The average Bonchev–Trinajstić information content (AvgIpc) is 2.11. The van der Waals surface area contributed by atoms with E-state index in [-0.39, 0.29) is 0 Å². The number of hydrogen-bond donors (Lipinski definition) is 0. The first kappa shape index (κ1) is 11.8. The molecule has 0 nitrogen and oxygen atoms in total. The predicted molar refractivity (Wildman–Crippen MR) is 67.2 cm³/mol. The van der Waals surface area contributed by atoms with Crippen LogP contribution in [0.4, 0.5) is 0 Å². The van der Waals surface area contributed by atoms with Crippen molar-refractivity contribution in [2.45, 2.75) is 38.9 Å². The van der Waals surface area contributed by atoms with Gasteiger partial charge in [-0.1, -0.05) is 53.5 Å². The lowest BCUT2D eigenvalue weighted by Crippen LogP contribution is -2.11. The summed E-state index contributed by atoms with van der Waals surface area (Å²) in [5.41, 5.74) is 4.23. The molecule has 14 heavy (non-hydrogen) atoms. The van der Waals surface area contributed by atoms with Gasteiger partial charge in [0.2, 0.25) is 0 Å². The van der Waals surface area contributed by atoms with Gasteiger partial charge in [-0.2, -0.15) is 0 Å². The van der Waals surface area contributed by atoms with E-state index in [1.165, 1.54) is 16.7 Å². The van der Waals surface area contributed by atoms with Gasteiger partial charge < -0.3 is 0 Å². The van der Waals surface area contributed by atoms with Crippen molar-refractivity contribution in [3.8, 4) is 0 Å². The Balaban J connectivity index is 2.80. The van der Waals surface area contributed by atoms with E-state index in [2.05, 4.69) is 61.8 Å². The molecule has 0 aromatic heterocycles. The fourth-order valence-electron chi connectivity index (χ4n) is 1.47. The average molecular weight is 255 g/mol. The summed E-state index contributed by atoms with van der Waals surface area (Å²) < 4.78 is 0. The van der Waals surface area contributed by atoms with Crippen LogP contribution in [0.3, 0.4) is 0 Å². The highest BCUT2D eigenvalue weighted by Gasteiger charge is 2.11. The molecule has 0 aliphatic rings. The van der Waals surface area contributed by atoms with Gasteiger partial charge in [0.05, 0.1) is 0 Å². The summed E-state index contributed by atoms with van der Waals surface area (Å²) in [5, 5.41) is 0. The van der Waals surface area contributed by atoms with Crippen LogP contribution in [0.15, 0.2) is 18.2 Å². The summed E-state index contributed by atoms with van der Waals surface area (Å²) in [5.74, 6) is 0.690. The summed E-state index contributed by atoms with van der Waals surface area (Å²) in [6, 6.07) is 6.69. The first-order chi connectivity index (χ1) is 6.50. The fraction of sp³-hybridized carbons (Fsp3) is 0.538. The van der Waals surface area contributed by atoms with Crippen LogP contribution in [-0.2, 0) is 6.42 Å².